The quantitative estimate of drug-likeness (QED) is 0.795. The van der Waals surface area contributed by atoms with Crippen molar-refractivity contribution < 1.29 is 4.74 Å². The second-order valence-electron chi connectivity index (χ2n) is 6.20. The molecule has 1 aromatic carbocycles. The summed E-state index contributed by atoms with van der Waals surface area (Å²) in [5.74, 6) is 1.77. The first kappa shape index (κ1) is 14.4. The predicted molar refractivity (Wildman–Crippen MR) is 80.5 cm³/mol. The fourth-order valence-corrected chi connectivity index (χ4v) is 2.87. The first-order chi connectivity index (χ1) is 9.10. The highest BCUT2D eigenvalue weighted by Crippen LogP contribution is 2.58. The van der Waals surface area contributed by atoms with Gasteiger partial charge in [-0.2, -0.15) is 0 Å². The zero-order valence-electron chi connectivity index (χ0n) is 12.7. The van der Waals surface area contributed by atoms with E-state index in [0.29, 0.717) is 11.5 Å². The molecule has 2 atom stereocenters. The van der Waals surface area contributed by atoms with Gasteiger partial charge in [-0.15, -0.1) is 0 Å². The molecule has 1 saturated carbocycles. The zero-order chi connectivity index (χ0) is 13.9. The summed E-state index contributed by atoms with van der Waals surface area (Å²) in [6, 6.07) is 8.91. The van der Waals surface area contributed by atoms with Crippen LogP contribution in [0.25, 0.3) is 0 Å². The van der Waals surface area contributed by atoms with E-state index in [0.717, 1.165) is 24.8 Å². The summed E-state index contributed by atoms with van der Waals surface area (Å²) in [6.45, 7) is 10.8. The van der Waals surface area contributed by atoms with E-state index < -0.39 is 0 Å². The molecule has 0 radical (unpaired) electrons. The number of rotatable bonds is 7. The van der Waals surface area contributed by atoms with Gasteiger partial charge in [0.15, 0.2) is 0 Å². The van der Waals surface area contributed by atoms with Gasteiger partial charge in [0.1, 0.15) is 5.75 Å². The van der Waals surface area contributed by atoms with Crippen LogP contribution in [0.2, 0.25) is 0 Å². The van der Waals surface area contributed by atoms with Gasteiger partial charge < -0.3 is 10.1 Å². The molecular formula is C17H27NO. The average molecular weight is 261 g/mol. The molecule has 1 aromatic rings. The Labute approximate surface area is 117 Å². The lowest BCUT2D eigenvalue weighted by atomic mass is 9.96. The van der Waals surface area contributed by atoms with E-state index in [9.17, 15) is 0 Å². The number of hydrogen-bond donors (Lipinski definition) is 1. The van der Waals surface area contributed by atoms with Gasteiger partial charge in [0.25, 0.3) is 0 Å². The third kappa shape index (κ3) is 3.30. The number of hydrogen-bond acceptors (Lipinski definition) is 2. The molecule has 0 bridgehead atoms. The van der Waals surface area contributed by atoms with Gasteiger partial charge in [-0.05, 0) is 43.7 Å². The normalized spacial score (nSPS) is 22.0. The van der Waals surface area contributed by atoms with E-state index in [1.165, 1.54) is 18.4 Å². The molecule has 1 aliphatic rings. The fourth-order valence-electron chi connectivity index (χ4n) is 2.87. The molecule has 0 spiro atoms. The number of benzene rings is 1. The number of ether oxygens (including phenoxy) is 1. The Morgan fingerprint density at radius 3 is 2.58 bits per heavy atom. The summed E-state index contributed by atoms with van der Waals surface area (Å²) in [5, 5.41) is 3.72. The summed E-state index contributed by atoms with van der Waals surface area (Å²) >= 11 is 0. The van der Waals surface area contributed by atoms with Gasteiger partial charge in [0.05, 0.1) is 6.61 Å². The Bertz CT molecular complexity index is 413. The summed E-state index contributed by atoms with van der Waals surface area (Å²) in [7, 11) is 0. The van der Waals surface area contributed by atoms with E-state index in [4.69, 9.17) is 4.74 Å². The highest BCUT2D eigenvalue weighted by atomic mass is 16.5. The Morgan fingerprint density at radius 1 is 1.32 bits per heavy atom. The van der Waals surface area contributed by atoms with Crippen LogP contribution in [0, 0.1) is 11.3 Å². The van der Waals surface area contributed by atoms with E-state index >= 15 is 0 Å². The SMILES string of the molecule is CCCNC(c1ccccc1OCC)C1CC1(C)C. The first-order valence-corrected chi connectivity index (χ1v) is 7.55. The van der Waals surface area contributed by atoms with Crippen molar-refractivity contribution in [3.63, 3.8) is 0 Å². The van der Waals surface area contributed by atoms with Crippen molar-refractivity contribution >= 4 is 0 Å². The maximum absolute atomic E-state index is 5.80. The molecule has 2 unspecified atom stereocenters. The van der Waals surface area contributed by atoms with Crippen molar-refractivity contribution in [2.45, 2.75) is 46.6 Å². The van der Waals surface area contributed by atoms with Crippen molar-refractivity contribution in [1.29, 1.82) is 0 Å². The summed E-state index contributed by atoms with van der Waals surface area (Å²) in [6.07, 6.45) is 2.47. The Morgan fingerprint density at radius 2 is 2.00 bits per heavy atom. The van der Waals surface area contributed by atoms with Crippen LogP contribution < -0.4 is 10.1 Å². The van der Waals surface area contributed by atoms with Gasteiger partial charge in [0, 0.05) is 11.6 Å². The third-order valence-corrected chi connectivity index (χ3v) is 4.16. The van der Waals surface area contributed by atoms with Crippen LogP contribution in [-0.4, -0.2) is 13.2 Å². The molecule has 1 aliphatic carbocycles. The van der Waals surface area contributed by atoms with Crippen LogP contribution in [-0.2, 0) is 0 Å². The monoisotopic (exact) mass is 261 g/mol. The van der Waals surface area contributed by atoms with Crippen LogP contribution in [0.1, 0.15) is 52.1 Å². The van der Waals surface area contributed by atoms with Crippen LogP contribution in [0.4, 0.5) is 0 Å². The maximum atomic E-state index is 5.80. The standard InChI is InChI=1S/C17H27NO/c1-5-11-18-16(14-12-17(14,3)4)13-9-7-8-10-15(13)19-6-2/h7-10,14,16,18H,5-6,11-12H2,1-4H3. The first-order valence-electron chi connectivity index (χ1n) is 7.55. The Kier molecular flexibility index (Phi) is 4.51. The van der Waals surface area contributed by atoms with Crippen molar-refractivity contribution in [3.8, 4) is 5.75 Å². The molecule has 0 aliphatic heterocycles. The lowest BCUT2D eigenvalue weighted by Crippen LogP contribution is -2.26. The second kappa shape index (κ2) is 5.96. The predicted octanol–water partition coefficient (Wildman–Crippen LogP) is 4.17. The highest BCUT2D eigenvalue weighted by Gasteiger charge is 2.50. The van der Waals surface area contributed by atoms with Crippen LogP contribution >= 0.6 is 0 Å². The fraction of sp³-hybridized carbons (Fsp3) is 0.647. The van der Waals surface area contributed by atoms with Crippen LogP contribution in [0.15, 0.2) is 24.3 Å². The van der Waals surface area contributed by atoms with Gasteiger partial charge in [-0.3, -0.25) is 0 Å². The lowest BCUT2D eigenvalue weighted by molar-refractivity contribution is 0.324. The Hall–Kier alpha value is -1.02. The van der Waals surface area contributed by atoms with Gasteiger partial charge >= 0.3 is 0 Å². The summed E-state index contributed by atoms with van der Waals surface area (Å²) < 4.78 is 5.80. The topological polar surface area (TPSA) is 21.3 Å². The largest absolute Gasteiger partial charge is 0.494 e. The summed E-state index contributed by atoms with van der Waals surface area (Å²) in [4.78, 5) is 0. The van der Waals surface area contributed by atoms with Crippen molar-refractivity contribution in [2.75, 3.05) is 13.2 Å². The summed E-state index contributed by atoms with van der Waals surface area (Å²) in [5.41, 5.74) is 1.79. The minimum atomic E-state index is 0.428. The van der Waals surface area contributed by atoms with Crippen LogP contribution in [0.3, 0.4) is 0 Å². The van der Waals surface area contributed by atoms with Gasteiger partial charge in [0.2, 0.25) is 0 Å². The molecule has 0 saturated heterocycles. The third-order valence-electron chi connectivity index (χ3n) is 4.16. The number of para-hydroxylation sites is 1. The van der Waals surface area contributed by atoms with E-state index in [1.807, 2.05) is 6.92 Å². The zero-order valence-corrected chi connectivity index (χ0v) is 12.7. The molecule has 2 heteroatoms. The molecule has 1 fully saturated rings. The van der Waals surface area contributed by atoms with Crippen LogP contribution in [0.5, 0.6) is 5.75 Å². The van der Waals surface area contributed by atoms with E-state index in [-0.39, 0.29) is 0 Å². The van der Waals surface area contributed by atoms with E-state index in [2.05, 4.69) is 50.4 Å². The minimum Gasteiger partial charge on any atom is -0.494 e. The van der Waals surface area contributed by atoms with Gasteiger partial charge in [-0.1, -0.05) is 39.0 Å². The van der Waals surface area contributed by atoms with E-state index in [1.54, 1.807) is 0 Å². The molecule has 106 valence electrons. The molecule has 0 amide bonds. The molecule has 0 heterocycles. The molecule has 2 rings (SSSR count). The molecular weight excluding hydrogens is 234 g/mol. The molecule has 19 heavy (non-hydrogen) atoms. The molecule has 1 N–H and O–H groups in total. The smallest absolute Gasteiger partial charge is 0.124 e. The molecule has 2 nitrogen and oxygen atoms in total. The van der Waals surface area contributed by atoms with Crippen molar-refractivity contribution in [1.82, 2.24) is 5.32 Å². The Balaban J connectivity index is 2.22. The van der Waals surface area contributed by atoms with Gasteiger partial charge in [-0.25, -0.2) is 0 Å². The molecule has 0 aromatic heterocycles. The van der Waals surface area contributed by atoms with Crippen molar-refractivity contribution in [3.05, 3.63) is 29.8 Å². The minimum absolute atomic E-state index is 0.428. The lowest BCUT2D eigenvalue weighted by Gasteiger charge is -2.23. The highest BCUT2D eigenvalue weighted by molar-refractivity contribution is 5.37. The maximum Gasteiger partial charge on any atom is 0.124 e. The number of nitrogens with one attached hydrogen (secondary N) is 1. The average Bonchev–Trinajstić information content (AvgIpc) is 3.01. The second-order valence-corrected chi connectivity index (χ2v) is 6.20. The van der Waals surface area contributed by atoms with Crippen molar-refractivity contribution in [2.24, 2.45) is 11.3 Å².